The SMILES string of the molecule is CN1CC(N2CCn3nc(C(F)(F)F)nc3C2)CC(N)[C@H]1c1cc(F)ccc1F. The zero-order valence-corrected chi connectivity index (χ0v) is 15.7. The first-order valence-corrected chi connectivity index (χ1v) is 9.29. The Morgan fingerprint density at radius 1 is 1.17 bits per heavy atom. The minimum Gasteiger partial charge on any atom is -0.326 e. The van der Waals surface area contributed by atoms with Crippen molar-refractivity contribution >= 4 is 0 Å². The van der Waals surface area contributed by atoms with E-state index in [-0.39, 0.29) is 24.0 Å². The number of nitrogens with zero attached hydrogens (tertiary/aromatic N) is 5. The van der Waals surface area contributed by atoms with Crippen LogP contribution >= 0.6 is 0 Å². The van der Waals surface area contributed by atoms with E-state index in [1.165, 1.54) is 10.7 Å². The maximum absolute atomic E-state index is 14.2. The zero-order valence-electron chi connectivity index (χ0n) is 15.7. The molecule has 2 aromatic rings. The van der Waals surface area contributed by atoms with Gasteiger partial charge in [0.15, 0.2) is 0 Å². The van der Waals surface area contributed by atoms with E-state index in [0.29, 0.717) is 26.1 Å². The molecule has 2 unspecified atom stereocenters. The summed E-state index contributed by atoms with van der Waals surface area (Å²) in [6.45, 7) is 1.57. The van der Waals surface area contributed by atoms with Gasteiger partial charge in [0.25, 0.3) is 5.82 Å². The van der Waals surface area contributed by atoms with Crippen LogP contribution in [0.3, 0.4) is 0 Å². The van der Waals surface area contributed by atoms with Crippen LogP contribution in [-0.4, -0.2) is 56.8 Å². The third kappa shape index (κ3) is 3.86. The molecule has 0 saturated carbocycles. The Kier molecular flexibility index (Phi) is 5.07. The molecule has 158 valence electrons. The molecule has 0 amide bonds. The summed E-state index contributed by atoms with van der Waals surface area (Å²) in [7, 11) is 1.79. The van der Waals surface area contributed by atoms with Gasteiger partial charge in [-0.1, -0.05) is 0 Å². The Balaban J connectivity index is 1.50. The summed E-state index contributed by atoms with van der Waals surface area (Å²) >= 11 is 0. The summed E-state index contributed by atoms with van der Waals surface area (Å²) in [5.41, 5.74) is 6.55. The molecule has 2 N–H and O–H groups in total. The molecule has 3 atom stereocenters. The van der Waals surface area contributed by atoms with Crippen LogP contribution < -0.4 is 5.73 Å². The van der Waals surface area contributed by atoms with E-state index < -0.39 is 35.7 Å². The minimum atomic E-state index is -4.58. The number of nitrogens with two attached hydrogens (primary N) is 1. The van der Waals surface area contributed by atoms with E-state index in [0.717, 1.165) is 12.1 Å². The van der Waals surface area contributed by atoms with Crippen molar-refractivity contribution in [3.8, 4) is 0 Å². The Morgan fingerprint density at radius 3 is 2.62 bits per heavy atom. The molecule has 6 nitrogen and oxygen atoms in total. The highest BCUT2D eigenvalue weighted by Gasteiger charge is 2.40. The van der Waals surface area contributed by atoms with Gasteiger partial charge in [-0.25, -0.2) is 18.4 Å². The summed E-state index contributed by atoms with van der Waals surface area (Å²) < 4.78 is 67.7. The van der Waals surface area contributed by atoms with Gasteiger partial charge in [0.05, 0.1) is 19.1 Å². The van der Waals surface area contributed by atoms with Crippen LogP contribution in [0.25, 0.3) is 0 Å². The van der Waals surface area contributed by atoms with Crippen LogP contribution in [0, 0.1) is 11.6 Å². The first kappa shape index (κ1) is 20.2. The largest absolute Gasteiger partial charge is 0.453 e. The number of piperidine rings is 1. The van der Waals surface area contributed by atoms with E-state index in [9.17, 15) is 22.0 Å². The number of hydrogen-bond donors (Lipinski definition) is 1. The summed E-state index contributed by atoms with van der Waals surface area (Å²) in [5, 5.41) is 3.54. The van der Waals surface area contributed by atoms with Crippen molar-refractivity contribution in [1.82, 2.24) is 24.6 Å². The third-order valence-corrected chi connectivity index (χ3v) is 5.66. The second-order valence-electron chi connectivity index (χ2n) is 7.65. The maximum atomic E-state index is 14.2. The van der Waals surface area contributed by atoms with Crippen LogP contribution in [0.2, 0.25) is 0 Å². The second kappa shape index (κ2) is 7.29. The van der Waals surface area contributed by atoms with Crippen molar-refractivity contribution in [2.45, 2.75) is 43.8 Å². The fourth-order valence-electron chi connectivity index (χ4n) is 4.35. The molecular formula is C18H21F5N6. The van der Waals surface area contributed by atoms with Gasteiger partial charge >= 0.3 is 6.18 Å². The molecule has 1 fully saturated rings. The van der Waals surface area contributed by atoms with E-state index in [1.807, 2.05) is 9.80 Å². The Labute approximate surface area is 164 Å². The number of halogens is 5. The van der Waals surface area contributed by atoms with Crippen LogP contribution in [0.4, 0.5) is 22.0 Å². The molecule has 0 bridgehead atoms. The lowest BCUT2D eigenvalue weighted by atomic mass is 9.88. The average Bonchev–Trinajstić information content (AvgIpc) is 3.07. The van der Waals surface area contributed by atoms with Gasteiger partial charge in [0.2, 0.25) is 0 Å². The number of likely N-dealkylation sites (N-methyl/N-ethyl adjacent to an activating group) is 1. The summed E-state index contributed by atoms with van der Waals surface area (Å²) in [6.07, 6.45) is -4.07. The molecule has 11 heteroatoms. The standard InChI is InChI=1S/C18H21F5N6/c1-27-8-11(7-14(24)16(27)12-6-10(19)2-3-13(12)20)28-4-5-29-15(9-28)25-17(26-29)18(21,22)23/h2-3,6,11,14,16H,4-5,7-9,24H2,1H3/t11?,14?,16-/m1/s1. The average molecular weight is 416 g/mol. The van der Waals surface area contributed by atoms with Crippen molar-refractivity contribution in [2.75, 3.05) is 20.1 Å². The second-order valence-corrected chi connectivity index (χ2v) is 7.65. The Hall–Kier alpha value is -2.11. The highest BCUT2D eigenvalue weighted by Crippen LogP contribution is 2.34. The molecule has 4 rings (SSSR count). The fourth-order valence-corrected chi connectivity index (χ4v) is 4.35. The van der Waals surface area contributed by atoms with Gasteiger partial charge in [-0.05, 0) is 31.7 Å². The van der Waals surface area contributed by atoms with Crippen molar-refractivity contribution in [1.29, 1.82) is 0 Å². The smallest absolute Gasteiger partial charge is 0.326 e. The van der Waals surface area contributed by atoms with E-state index >= 15 is 0 Å². The van der Waals surface area contributed by atoms with Gasteiger partial charge in [-0.3, -0.25) is 9.80 Å². The molecule has 1 saturated heterocycles. The normalized spacial score (nSPS) is 26.5. The predicted molar refractivity (Wildman–Crippen MR) is 93.5 cm³/mol. The van der Waals surface area contributed by atoms with Crippen LogP contribution in [0.1, 0.15) is 29.7 Å². The lowest BCUT2D eigenvalue weighted by molar-refractivity contribution is -0.145. The Morgan fingerprint density at radius 2 is 1.93 bits per heavy atom. The highest BCUT2D eigenvalue weighted by molar-refractivity contribution is 5.25. The summed E-state index contributed by atoms with van der Waals surface area (Å²) in [5.74, 6) is -1.91. The number of likely N-dealkylation sites (tertiary alicyclic amines) is 1. The van der Waals surface area contributed by atoms with E-state index in [1.54, 1.807) is 7.05 Å². The molecule has 1 aromatic heterocycles. The highest BCUT2D eigenvalue weighted by atomic mass is 19.4. The number of hydrogen-bond acceptors (Lipinski definition) is 5. The molecule has 0 aliphatic carbocycles. The van der Waals surface area contributed by atoms with Gasteiger partial charge in [0.1, 0.15) is 17.5 Å². The molecule has 2 aliphatic heterocycles. The van der Waals surface area contributed by atoms with Gasteiger partial charge in [0, 0.05) is 30.7 Å². The first-order valence-electron chi connectivity index (χ1n) is 9.29. The van der Waals surface area contributed by atoms with Gasteiger partial charge in [-0.2, -0.15) is 13.2 Å². The number of aromatic nitrogens is 3. The Bertz CT molecular complexity index is 885. The molecule has 3 heterocycles. The predicted octanol–water partition coefficient (Wildman–Crippen LogP) is 2.16. The zero-order chi connectivity index (χ0) is 20.9. The first-order chi connectivity index (χ1) is 13.6. The topological polar surface area (TPSA) is 63.2 Å². The molecule has 0 radical (unpaired) electrons. The summed E-state index contributed by atoms with van der Waals surface area (Å²) in [6, 6.07) is 2.34. The van der Waals surface area contributed by atoms with Gasteiger partial charge in [-0.15, -0.1) is 5.10 Å². The molecule has 0 spiro atoms. The monoisotopic (exact) mass is 416 g/mol. The van der Waals surface area contributed by atoms with E-state index in [4.69, 9.17) is 5.73 Å². The third-order valence-electron chi connectivity index (χ3n) is 5.66. The quantitative estimate of drug-likeness (QED) is 0.761. The van der Waals surface area contributed by atoms with Crippen molar-refractivity contribution < 1.29 is 22.0 Å². The molecule has 29 heavy (non-hydrogen) atoms. The molecule has 1 aromatic carbocycles. The lowest BCUT2D eigenvalue weighted by Gasteiger charge is -2.46. The van der Waals surface area contributed by atoms with Crippen LogP contribution in [0.5, 0.6) is 0 Å². The van der Waals surface area contributed by atoms with Crippen molar-refractivity contribution in [3.05, 3.63) is 47.0 Å². The number of alkyl halides is 3. The number of benzene rings is 1. The molecule has 2 aliphatic rings. The van der Waals surface area contributed by atoms with Crippen LogP contribution in [0.15, 0.2) is 18.2 Å². The maximum Gasteiger partial charge on any atom is 0.453 e. The van der Waals surface area contributed by atoms with Crippen LogP contribution in [-0.2, 0) is 19.3 Å². The van der Waals surface area contributed by atoms with Crippen molar-refractivity contribution in [3.63, 3.8) is 0 Å². The molecular weight excluding hydrogens is 395 g/mol. The van der Waals surface area contributed by atoms with E-state index in [2.05, 4.69) is 10.1 Å². The number of rotatable bonds is 2. The van der Waals surface area contributed by atoms with Gasteiger partial charge < -0.3 is 5.73 Å². The summed E-state index contributed by atoms with van der Waals surface area (Å²) in [4.78, 5) is 7.54. The number of fused-ring (bicyclic) bond motifs is 1. The lowest BCUT2D eigenvalue weighted by Crippen LogP contribution is -2.56. The van der Waals surface area contributed by atoms with Crippen molar-refractivity contribution in [2.24, 2.45) is 5.73 Å². The fraction of sp³-hybridized carbons (Fsp3) is 0.556. The minimum absolute atomic E-state index is 0.0392.